The summed E-state index contributed by atoms with van der Waals surface area (Å²) in [4.78, 5) is 29.5. The standard InChI is InChI=1S/C20H28ClN3O2/c1-14-3-8-17(21)13-18(14)22-19(25)15-4-6-16(7-5-15)20(26)24-11-9-23(2)10-12-24/h3,8,13,15-16H,4-7,9-12H2,1-2H3,(H,22,25). The first-order chi connectivity index (χ1) is 12.4. The fourth-order valence-corrected chi connectivity index (χ4v) is 4.02. The van der Waals surface area contributed by atoms with Crippen LogP contribution in [0, 0.1) is 18.8 Å². The highest BCUT2D eigenvalue weighted by molar-refractivity contribution is 6.31. The summed E-state index contributed by atoms with van der Waals surface area (Å²) < 4.78 is 0. The Morgan fingerprint density at radius 2 is 1.65 bits per heavy atom. The van der Waals surface area contributed by atoms with E-state index in [2.05, 4.69) is 17.3 Å². The van der Waals surface area contributed by atoms with Gasteiger partial charge in [-0.25, -0.2) is 0 Å². The molecule has 1 heterocycles. The Morgan fingerprint density at radius 1 is 1.04 bits per heavy atom. The smallest absolute Gasteiger partial charge is 0.227 e. The molecule has 1 saturated heterocycles. The molecule has 2 aliphatic rings. The van der Waals surface area contributed by atoms with Crippen LogP contribution in [-0.2, 0) is 9.59 Å². The second kappa shape index (κ2) is 8.40. The highest BCUT2D eigenvalue weighted by atomic mass is 35.5. The molecule has 2 amide bonds. The number of nitrogens with zero attached hydrogens (tertiary/aromatic N) is 2. The SMILES string of the molecule is Cc1ccc(Cl)cc1NC(=O)C1CCC(C(=O)N2CCN(C)CC2)CC1. The van der Waals surface area contributed by atoms with Crippen LogP contribution in [0.5, 0.6) is 0 Å². The van der Waals surface area contributed by atoms with Gasteiger partial charge in [0.1, 0.15) is 0 Å². The first-order valence-electron chi connectivity index (χ1n) is 9.48. The van der Waals surface area contributed by atoms with E-state index < -0.39 is 0 Å². The molecule has 0 unspecified atom stereocenters. The van der Waals surface area contributed by atoms with Crippen molar-refractivity contribution in [3.05, 3.63) is 28.8 Å². The van der Waals surface area contributed by atoms with Crippen molar-refractivity contribution in [1.82, 2.24) is 9.80 Å². The molecular formula is C20H28ClN3O2. The van der Waals surface area contributed by atoms with Crippen molar-refractivity contribution < 1.29 is 9.59 Å². The number of aryl methyl sites for hydroxylation is 1. The van der Waals surface area contributed by atoms with Crippen molar-refractivity contribution in [3.63, 3.8) is 0 Å². The molecular weight excluding hydrogens is 350 g/mol. The van der Waals surface area contributed by atoms with Crippen LogP contribution < -0.4 is 5.32 Å². The number of carbonyl (C=O) groups excluding carboxylic acids is 2. The molecule has 0 atom stereocenters. The van der Waals surface area contributed by atoms with Crippen LogP contribution >= 0.6 is 11.6 Å². The number of piperazine rings is 1. The molecule has 1 aliphatic heterocycles. The lowest BCUT2D eigenvalue weighted by molar-refractivity contribution is -0.139. The molecule has 142 valence electrons. The number of carbonyl (C=O) groups is 2. The highest BCUT2D eigenvalue weighted by Crippen LogP contribution is 2.31. The van der Waals surface area contributed by atoms with Crippen LogP contribution in [0.3, 0.4) is 0 Å². The van der Waals surface area contributed by atoms with Gasteiger partial charge < -0.3 is 15.1 Å². The number of halogens is 1. The molecule has 0 bridgehead atoms. The summed E-state index contributed by atoms with van der Waals surface area (Å²) in [5.41, 5.74) is 1.78. The first-order valence-corrected chi connectivity index (χ1v) is 9.86. The largest absolute Gasteiger partial charge is 0.340 e. The fourth-order valence-electron chi connectivity index (χ4n) is 3.85. The van der Waals surface area contributed by atoms with E-state index in [-0.39, 0.29) is 23.7 Å². The summed E-state index contributed by atoms with van der Waals surface area (Å²) in [7, 11) is 2.09. The van der Waals surface area contributed by atoms with E-state index in [1.165, 1.54) is 0 Å². The van der Waals surface area contributed by atoms with Crippen LogP contribution in [0.15, 0.2) is 18.2 Å². The number of benzene rings is 1. The maximum absolute atomic E-state index is 12.7. The van der Waals surface area contributed by atoms with Crippen molar-refractivity contribution in [1.29, 1.82) is 0 Å². The molecule has 1 aliphatic carbocycles. The molecule has 5 nitrogen and oxygen atoms in total. The predicted molar refractivity (Wildman–Crippen MR) is 104 cm³/mol. The number of nitrogens with one attached hydrogen (secondary N) is 1. The Kier molecular flexibility index (Phi) is 6.20. The van der Waals surface area contributed by atoms with E-state index in [9.17, 15) is 9.59 Å². The van der Waals surface area contributed by atoms with E-state index in [4.69, 9.17) is 11.6 Å². The minimum absolute atomic E-state index is 0.0232. The van der Waals surface area contributed by atoms with Crippen molar-refractivity contribution in [2.45, 2.75) is 32.6 Å². The van der Waals surface area contributed by atoms with Crippen molar-refractivity contribution in [2.24, 2.45) is 11.8 Å². The lowest BCUT2D eigenvalue weighted by Gasteiger charge is -2.36. The lowest BCUT2D eigenvalue weighted by atomic mass is 9.80. The van der Waals surface area contributed by atoms with Crippen LogP contribution in [0.4, 0.5) is 5.69 Å². The molecule has 1 aromatic rings. The minimum Gasteiger partial charge on any atom is -0.340 e. The molecule has 2 fully saturated rings. The third-order valence-corrected chi connectivity index (χ3v) is 5.95. The summed E-state index contributed by atoms with van der Waals surface area (Å²) in [5.74, 6) is 0.379. The summed E-state index contributed by atoms with van der Waals surface area (Å²) >= 11 is 6.03. The van der Waals surface area contributed by atoms with E-state index >= 15 is 0 Å². The van der Waals surface area contributed by atoms with Crippen LogP contribution in [0.1, 0.15) is 31.2 Å². The third kappa shape index (κ3) is 4.57. The normalized spacial score (nSPS) is 24.3. The van der Waals surface area contributed by atoms with E-state index in [0.29, 0.717) is 5.02 Å². The Hall–Kier alpha value is -1.59. The molecule has 0 radical (unpaired) electrons. The summed E-state index contributed by atoms with van der Waals surface area (Å²) in [6, 6.07) is 5.52. The van der Waals surface area contributed by atoms with Gasteiger partial charge in [-0.05, 0) is 57.4 Å². The molecule has 0 aromatic heterocycles. The molecule has 1 N–H and O–H groups in total. The van der Waals surface area contributed by atoms with Crippen molar-refractivity contribution >= 4 is 29.1 Å². The number of anilines is 1. The topological polar surface area (TPSA) is 52.7 Å². The van der Waals surface area contributed by atoms with Gasteiger partial charge in [0, 0.05) is 48.7 Å². The maximum atomic E-state index is 12.7. The van der Waals surface area contributed by atoms with E-state index in [0.717, 1.165) is 63.1 Å². The average Bonchev–Trinajstić information content (AvgIpc) is 2.65. The summed E-state index contributed by atoms with van der Waals surface area (Å²) in [5, 5.41) is 3.63. The molecule has 6 heteroatoms. The van der Waals surface area contributed by atoms with Gasteiger partial charge in [-0.2, -0.15) is 0 Å². The molecule has 1 aromatic carbocycles. The monoisotopic (exact) mass is 377 g/mol. The Bertz CT molecular complexity index is 663. The van der Waals surface area contributed by atoms with Gasteiger partial charge >= 0.3 is 0 Å². The minimum atomic E-state index is -0.0232. The van der Waals surface area contributed by atoms with Crippen molar-refractivity contribution in [3.8, 4) is 0 Å². The predicted octanol–water partition coefficient (Wildman–Crippen LogP) is 3.17. The highest BCUT2D eigenvalue weighted by Gasteiger charge is 2.33. The quantitative estimate of drug-likeness (QED) is 0.880. The van der Waals surface area contributed by atoms with Crippen LogP contribution in [-0.4, -0.2) is 54.8 Å². The fraction of sp³-hybridized carbons (Fsp3) is 0.600. The van der Waals surface area contributed by atoms with E-state index in [1.54, 1.807) is 6.07 Å². The number of rotatable bonds is 3. The number of hydrogen-bond donors (Lipinski definition) is 1. The summed E-state index contributed by atoms with van der Waals surface area (Å²) in [6.45, 7) is 5.50. The van der Waals surface area contributed by atoms with Gasteiger partial charge in [-0.1, -0.05) is 17.7 Å². The Balaban J connectivity index is 1.50. The van der Waals surface area contributed by atoms with E-state index in [1.807, 2.05) is 24.0 Å². The Morgan fingerprint density at radius 3 is 2.31 bits per heavy atom. The second-order valence-electron chi connectivity index (χ2n) is 7.63. The van der Waals surface area contributed by atoms with Gasteiger partial charge in [0.2, 0.25) is 11.8 Å². The average molecular weight is 378 g/mol. The van der Waals surface area contributed by atoms with Gasteiger partial charge in [0.15, 0.2) is 0 Å². The van der Waals surface area contributed by atoms with Gasteiger partial charge in [0.25, 0.3) is 0 Å². The van der Waals surface area contributed by atoms with Crippen LogP contribution in [0.25, 0.3) is 0 Å². The molecule has 26 heavy (non-hydrogen) atoms. The number of hydrogen-bond acceptors (Lipinski definition) is 3. The summed E-state index contributed by atoms with van der Waals surface area (Å²) in [6.07, 6.45) is 3.15. The van der Waals surface area contributed by atoms with Gasteiger partial charge in [-0.3, -0.25) is 9.59 Å². The second-order valence-corrected chi connectivity index (χ2v) is 8.06. The molecule has 3 rings (SSSR count). The maximum Gasteiger partial charge on any atom is 0.227 e. The molecule has 1 saturated carbocycles. The first kappa shape index (κ1) is 19.2. The van der Waals surface area contributed by atoms with Gasteiger partial charge in [-0.15, -0.1) is 0 Å². The number of likely N-dealkylation sites (N-methyl/N-ethyl adjacent to an activating group) is 1. The molecule has 0 spiro atoms. The van der Waals surface area contributed by atoms with Gasteiger partial charge in [0.05, 0.1) is 0 Å². The zero-order valence-corrected chi connectivity index (χ0v) is 16.4. The number of amides is 2. The lowest BCUT2D eigenvalue weighted by Crippen LogP contribution is -2.49. The third-order valence-electron chi connectivity index (χ3n) is 5.72. The van der Waals surface area contributed by atoms with Crippen LogP contribution in [0.2, 0.25) is 5.02 Å². The Labute approximate surface area is 160 Å². The zero-order chi connectivity index (χ0) is 18.7. The van der Waals surface area contributed by atoms with Crippen molar-refractivity contribution in [2.75, 3.05) is 38.5 Å². The zero-order valence-electron chi connectivity index (χ0n) is 15.6.